The third-order valence-corrected chi connectivity index (χ3v) is 1.58. The highest BCUT2D eigenvalue weighted by Crippen LogP contribution is 2.01. The van der Waals surface area contributed by atoms with Gasteiger partial charge in [0, 0.05) is 12.6 Å². The number of hydrogen-bond donors (Lipinski definition) is 1. The van der Waals surface area contributed by atoms with Crippen LogP contribution >= 0.6 is 0 Å². The molecule has 1 saturated heterocycles. The number of hydrogen-bond acceptors (Lipinski definition) is 2. The average molecular weight is 115 g/mol. The lowest BCUT2D eigenvalue weighted by molar-refractivity contribution is 0.0606. The minimum Gasteiger partial charge on any atom is -0.366 e. The van der Waals surface area contributed by atoms with Crippen molar-refractivity contribution in [1.29, 1.82) is 0 Å². The molecule has 1 N–H and O–H groups in total. The zero-order valence-electron chi connectivity index (χ0n) is 5.31. The molecule has 0 spiro atoms. The predicted molar refractivity (Wildman–Crippen MR) is 32.7 cm³/mol. The quantitative estimate of drug-likeness (QED) is 0.544. The van der Waals surface area contributed by atoms with E-state index in [0.29, 0.717) is 6.04 Å². The van der Waals surface area contributed by atoms with Gasteiger partial charge in [-0.25, -0.2) is 0 Å². The molecule has 0 aliphatic carbocycles. The number of ether oxygens (including phenoxy) is 1. The molecule has 48 valence electrons. The molecule has 2 heteroatoms. The van der Waals surface area contributed by atoms with Crippen LogP contribution in [0.4, 0.5) is 0 Å². The first kappa shape index (κ1) is 6.05. The first-order chi connectivity index (χ1) is 3.93. The minimum absolute atomic E-state index is 0.712. The number of nitrogens with one attached hydrogen (secondary N) is 1. The van der Waals surface area contributed by atoms with Gasteiger partial charge in [0.25, 0.3) is 0 Å². The summed E-state index contributed by atoms with van der Waals surface area (Å²) in [6.45, 7) is 3.88. The summed E-state index contributed by atoms with van der Waals surface area (Å²) in [5.74, 6) is 0. The lowest BCUT2D eigenvalue weighted by Crippen LogP contribution is -2.36. The Balaban J connectivity index is 2.13. The highest BCUT2D eigenvalue weighted by molar-refractivity contribution is 4.64. The maximum Gasteiger partial charge on any atom is 0.0967 e. The summed E-state index contributed by atoms with van der Waals surface area (Å²) in [7, 11) is 0. The molecule has 0 saturated carbocycles. The van der Waals surface area contributed by atoms with Crippen molar-refractivity contribution in [2.45, 2.75) is 25.8 Å². The summed E-state index contributed by atoms with van der Waals surface area (Å²) >= 11 is 0. The van der Waals surface area contributed by atoms with E-state index in [4.69, 9.17) is 4.74 Å². The highest BCUT2D eigenvalue weighted by atomic mass is 16.5. The molecule has 0 radical (unpaired) electrons. The Labute approximate surface area is 50.2 Å². The maximum atomic E-state index is 5.09. The SMILES string of the molecule is CCC1CCOCN1. The zero-order valence-corrected chi connectivity index (χ0v) is 5.31. The van der Waals surface area contributed by atoms with Crippen LogP contribution in [0.25, 0.3) is 0 Å². The molecule has 1 atom stereocenters. The van der Waals surface area contributed by atoms with Gasteiger partial charge in [0.05, 0.1) is 6.73 Å². The van der Waals surface area contributed by atoms with Crippen molar-refractivity contribution < 1.29 is 4.74 Å². The smallest absolute Gasteiger partial charge is 0.0967 e. The van der Waals surface area contributed by atoms with Crippen molar-refractivity contribution in [2.75, 3.05) is 13.3 Å². The Bertz CT molecular complexity index is 59.5. The Morgan fingerprint density at radius 2 is 2.62 bits per heavy atom. The monoisotopic (exact) mass is 115 g/mol. The van der Waals surface area contributed by atoms with Gasteiger partial charge in [0.1, 0.15) is 0 Å². The van der Waals surface area contributed by atoms with E-state index < -0.39 is 0 Å². The van der Waals surface area contributed by atoms with E-state index in [9.17, 15) is 0 Å². The fraction of sp³-hybridized carbons (Fsp3) is 1.00. The second kappa shape index (κ2) is 3.05. The predicted octanol–water partition coefficient (Wildman–Crippen LogP) is 0.732. The van der Waals surface area contributed by atoms with Crippen LogP contribution in [0.3, 0.4) is 0 Å². The molecule has 2 nitrogen and oxygen atoms in total. The molecule has 1 heterocycles. The first-order valence-corrected chi connectivity index (χ1v) is 3.24. The second-order valence-corrected chi connectivity index (χ2v) is 2.15. The summed E-state index contributed by atoms with van der Waals surface area (Å²) in [6, 6.07) is 0.712. The van der Waals surface area contributed by atoms with E-state index in [2.05, 4.69) is 12.2 Å². The van der Waals surface area contributed by atoms with E-state index in [1.54, 1.807) is 0 Å². The van der Waals surface area contributed by atoms with Crippen molar-refractivity contribution in [3.05, 3.63) is 0 Å². The van der Waals surface area contributed by atoms with E-state index in [1.165, 1.54) is 12.8 Å². The maximum absolute atomic E-state index is 5.09. The summed E-state index contributed by atoms with van der Waals surface area (Å²) in [4.78, 5) is 0. The van der Waals surface area contributed by atoms with Gasteiger partial charge in [-0.2, -0.15) is 0 Å². The molecule has 0 bridgehead atoms. The van der Waals surface area contributed by atoms with Crippen molar-refractivity contribution in [1.82, 2.24) is 5.32 Å². The molecular formula is C6H13NO. The molecule has 1 unspecified atom stereocenters. The average Bonchev–Trinajstić information content (AvgIpc) is 1.90. The lowest BCUT2D eigenvalue weighted by atomic mass is 10.1. The lowest BCUT2D eigenvalue weighted by Gasteiger charge is -2.21. The molecule has 1 aliphatic heterocycles. The van der Waals surface area contributed by atoms with Gasteiger partial charge in [-0.3, -0.25) is 5.32 Å². The van der Waals surface area contributed by atoms with E-state index in [0.717, 1.165) is 13.3 Å². The van der Waals surface area contributed by atoms with Crippen LogP contribution in [-0.2, 0) is 4.74 Å². The topological polar surface area (TPSA) is 21.3 Å². The Hall–Kier alpha value is -0.0800. The summed E-state index contributed by atoms with van der Waals surface area (Å²) in [5.41, 5.74) is 0. The molecule has 0 aromatic rings. The summed E-state index contributed by atoms with van der Waals surface area (Å²) < 4.78 is 5.09. The van der Waals surface area contributed by atoms with Crippen LogP contribution in [0.1, 0.15) is 19.8 Å². The molecule has 0 aromatic carbocycles. The molecular weight excluding hydrogens is 102 g/mol. The molecule has 1 fully saturated rings. The zero-order chi connectivity index (χ0) is 5.82. The van der Waals surface area contributed by atoms with Crippen LogP contribution in [-0.4, -0.2) is 19.4 Å². The van der Waals surface area contributed by atoms with E-state index >= 15 is 0 Å². The van der Waals surface area contributed by atoms with Gasteiger partial charge in [-0.1, -0.05) is 6.92 Å². The van der Waals surface area contributed by atoms with Crippen molar-refractivity contribution >= 4 is 0 Å². The molecule has 0 aromatic heterocycles. The second-order valence-electron chi connectivity index (χ2n) is 2.15. The van der Waals surface area contributed by atoms with Gasteiger partial charge in [-0.05, 0) is 12.8 Å². The van der Waals surface area contributed by atoms with Gasteiger partial charge in [0.2, 0.25) is 0 Å². The summed E-state index contributed by atoms with van der Waals surface area (Å²) in [6.07, 6.45) is 2.40. The van der Waals surface area contributed by atoms with Gasteiger partial charge < -0.3 is 4.74 Å². The normalized spacial score (nSPS) is 30.4. The molecule has 8 heavy (non-hydrogen) atoms. The Morgan fingerprint density at radius 1 is 1.75 bits per heavy atom. The Kier molecular flexibility index (Phi) is 2.30. The van der Waals surface area contributed by atoms with Gasteiger partial charge in [0.15, 0.2) is 0 Å². The fourth-order valence-corrected chi connectivity index (χ4v) is 0.925. The molecule has 1 aliphatic rings. The van der Waals surface area contributed by atoms with Crippen LogP contribution in [0.2, 0.25) is 0 Å². The fourth-order valence-electron chi connectivity index (χ4n) is 0.925. The standard InChI is InChI=1S/C6H13NO/c1-2-6-3-4-8-5-7-6/h6-7H,2-5H2,1H3. The van der Waals surface area contributed by atoms with Crippen LogP contribution < -0.4 is 5.32 Å². The van der Waals surface area contributed by atoms with Crippen molar-refractivity contribution in [2.24, 2.45) is 0 Å². The minimum atomic E-state index is 0.712. The third kappa shape index (κ3) is 1.46. The van der Waals surface area contributed by atoms with Gasteiger partial charge in [-0.15, -0.1) is 0 Å². The van der Waals surface area contributed by atoms with E-state index in [-0.39, 0.29) is 0 Å². The highest BCUT2D eigenvalue weighted by Gasteiger charge is 2.08. The largest absolute Gasteiger partial charge is 0.366 e. The van der Waals surface area contributed by atoms with E-state index in [1.807, 2.05) is 0 Å². The number of rotatable bonds is 1. The molecule has 1 rings (SSSR count). The van der Waals surface area contributed by atoms with Crippen LogP contribution in [0, 0.1) is 0 Å². The van der Waals surface area contributed by atoms with Crippen LogP contribution in [0.5, 0.6) is 0 Å². The van der Waals surface area contributed by atoms with Gasteiger partial charge >= 0.3 is 0 Å². The van der Waals surface area contributed by atoms with Crippen LogP contribution in [0.15, 0.2) is 0 Å². The van der Waals surface area contributed by atoms with Crippen molar-refractivity contribution in [3.8, 4) is 0 Å². The Morgan fingerprint density at radius 3 is 3.00 bits per heavy atom. The third-order valence-electron chi connectivity index (χ3n) is 1.58. The summed E-state index contributed by atoms with van der Waals surface area (Å²) in [5, 5.41) is 3.25. The molecule has 0 amide bonds. The first-order valence-electron chi connectivity index (χ1n) is 3.24. The van der Waals surface area contributed by atoms with Crippen molar-refractivity contribution in [3.63, 3.8) is 0 Å².